The molecule has 0 saturated heterocycles. The van der Waals surface area contributed by atoms with Crippen LogP contribution >= 0.6 is 0 Å². The van der Waals surface area contributed by atoms with Crippen LogP contribution < -0.4 is 0 Å². The third-order valence-electron chi connectivity index (χ3n) is 3.68. The van der Waals surface area contributed by atoms with E-state index < -0.39 is 23.3 Å². The minimum Gasteiger partial charge on any atom is -0.478 e. The van der Waals surface area contributed by atoms with Gasteiger partial charge in [-0.2, -0.15) is 13.2 Å². The first kappa shape index (κ1) is 13.6. The molecule has 0 bridgehead atoms. The molecule has 3 rings (SSSR count). The molecular weight excluding hydrogens is 285 g/mol. The Morgan fingerprint density at radius 3 is 2.24 bits per heavy atom. The average Bonchev–Trinajstić information content (AvgIpc) is 2.70. The molecule has 2 aromatic rings. The van der Waals surface area contributed by atoms with E-state index in [1.54, 1.807) is 0 Å². The second-order valence-electron chi connectivity index (χ2n) is 4.79. The second-order valence-corrected chi connectivity index (χ2v) is 4.79. The van der Waals surface area contributed by atoms with E-state index in [1.165, 1.54) is 30.3 Å². The number of benzene rings is 2. The molecule has 1 aliphatic carbocycles. The maximum absolute atomic E-state index is 13.4. The average molecular weight is 294 g/mol. The third kappa shape index (κ3) is 1.62. The van der Waals surface area contributed by atoms with Crippen molar-refractivity contribution in [2.75, 3.05) is 0 Å². The van der Waals surface area contributed by atoms with Gasteiger partial charge in [0.1, 0.15) is 0 Å². The molecule has 0 radical (unpaired) electrons. The molecule has 0 aliphatic heterocycles. The number of alkyl halides is 3. The van der Waals surface area contributed by atoms with Gasteiger partial charge in [-0.05, 0) is 11.6 Å². The number of aromatic carboxylic acids is 1. The van der Waals surface area contributed by atoms with E-state index >= 15 is 0 Å². The van der Waals surface area contributed by atoms with E-state index in [1.807, 2.05) is 0 Å². The zero-order chi connectivity index (χ0) is 15.4. The largest absolute Gasteiger partial charge is 0.478 e. The van der Waals surface area contributed by atoms with Gasteiger partial charge >= 0.3 is 12.1 Å². The van der Waals surface area contributed by atoms with Crippen LogP contribution in [0, 0.1) is 0 Å². The minimum atomic E-state index is -4.95. The Hall–Kier alpha value is -2.34. The molecule has 0 aromatic heterocycles. The van der Waals surface area contributed by atoms with Crippen LogP contribution in [0.1, 0.15) is 21.5 Å². The Balaban J connectivity index is 2.46. The summed E-state index contributed by atoms with van der Waals surface area (Å²) in [6.07, 6.45) is -4.95. The summed E-state index contributed by atoms with van der Waals surface area (Å²) in [5.41, 5.74) is -4.24. The van der Waals surface area contributed by atoms with Gasteiger partial charge in [-0.25, -0.2) is 4.79 Å². The van der Waals surface area contributed by atoms with Crippen molar-refractivity contribution in [3.63, 3.8) is 0 Å². The SMILES string of the molecule is O=C(O)c1cccc2c1-c1ccccc1C2(O)C(F)(F)F. The van der Waals surface area contributed by atoms with Gasteiger partial charge in [0.05, 0.1) is 5.56 Å². The van der Waals surface area contributed by atoms with Crippen molar-refractivity contribution in [3.05, 3.63) is 59.2 Å². The van der Waals surface area contributed by atoms with Gasteiger partial charge in [0, 0.05) is 16.7 Å². The molecule has 1 aliphatic rings. The van der Waals surface area contributed by atoms with Gasteiger partial charge in [0.15, 0.2) is 0 Å². The van der Waals surface area contributed by atoms with Gasteiger partial charge in [0.2, 0.25) is 5.60 Å². The molecule has 6 heteroatoms. The highest BCUT2D eigenvalue weighted by atomic mass is 19.4. The first-order valence-electron chi connectivity index (χ1n) is 6.04. The zero-order valence-corrected chi connectivity index (χ0v) is 10.5. The van der Waals surface area contributed by atoms with Crippen molar-refractivity contribution in [3.8, 4) is 11.1 Å². The summed E-state index contributed by atoms with van der Waals surface area (Å²) in [6.45, 7) is 0. The molecule has 0 spiro atoms. The lowest BCUT2D eigenvalue weighted by atomic mass is 9.90. The van der Waals surface area contributed by atoms with E-state index in [-0.39, 0.29) is 22.3 Å². The Bertz CT molecular complexity index is 752. The van der Waals surface area contributed by atoms with E-state index in [2.05, 4.69) is 0 Å². The molecule has 3 nitrogen and oxygen atoms in total. The first-order chi connectivity index (χ1) is 9.78. The molecule has 0 heterocycles. The zero-order valence-electron chi connectivity index (χ0n) is 10.5. The van der Waals surface area contributed by atoms with Crippen LogP contribution in [0.25, 0.3) is 11.1 Å². The summed E-state index contributed by atoms with van der Waals surface area (Å²) in [5.74, 6) is -1.34. The Morgan fingerprint density at radius 1 is 1.00 bits per heavy atom. The quantitative estimate of drug-likeness (QED) is 0.849. The highest BCUT2D eigenvalue weighted by Gasteiger charge is 2.61. The van der Waals surface area contributed by atoms with Crippen molar-refractivity contribution >= 4 is 5.97 Å². The van der Waals surface area contributed by atoms with Crippen LogP contribution in [0.2, 0.25) is 0 Å². The number of halogens is 3. The van der Waals surface area contributed by atoms with Crippen LogP contribution in [0.4, 0.5) is 13.2 Å². The van der Waals surface area contributed by atoms with Crippen molar-refractivity contribution in [1.29, 1.82) is 0 Å². The Labute approximate surface area is 117 Å². The van der Waals surface area contributed by atoms with Crippen LogP contribution in [0.5, 0.6) is 0 Å². The lowest BCUT2D eigenvalue weighted by Gasteiger charge is -2.28. The molecule has 21 heavy (non-hydrogen) atoms. The van der Waals surface area contributed by atoms with Crippen LogP contribution in [-0.2, 0) is 5.60 Å². The fraction of sp³-hybridized carbons (Fsp3) is 0.133. The normalized spacial score (nSPS) is 20.0. The lowest BCUT2D eigenvalue weighted by Crippen LogP contribution is -2.41. The first-order valence-corrected chi connectivity index (χ1v) is 6.04. The monoisotopic (exact) mass is 294 g/mol. The fourth-order valence-electron chi connectivity index (χ4n) is 2.79. The maximum Gasteiger partial charge on any atom is 0.425 e. The molecule has 2 aromatic carbocycles. The van der Waals surface area contributed by atoms with Crippen molar-refractivity contribution in [1.82, 2.24) is 0 Å². The number of hydrogen-bond donors (Lipinski definition) is 2. The Morgan fingerprint density at radius 2 is 1.62 bits per heavy atom. The standard InChI is InChI=1S/C15H9F3O3/c16-15(17,18)14(21)10-6-2-1-4-8(10)12-9(13(19)20)5-3-7-11(12)14/h1-7,21H,(H,19,20). The molecule has 0 amide bonds. The molecule has 108 valence electrons. The molecule has 0 fully saturated rings. The van der Waals surface area contributed by atoms with E-state index in [4.69, 9.17) is 0 Å². The summed E-state index contributed by atoms with van der Waals surface area (Å²) in [6, 6.07) is 8.95. The minimum absolute atomic E-state index is 0.0829. The third-order valence-corrected chi connectivity index (χ3v) is 3.68. The summed E-state index contributed by atoms with van der Waals surface area (Å²) < 4.78 is 40.3. The topological polar surface area (TPSA) is 57.5 Å². The van der Waals surface area contributed by atoms with Crippen LogP contribution in [0.15, 0.2) is 42.5 Å². The number of carboxylic acids is 1. The highest BCUT2D eigenvalue weighted by molar-refractivity contribution is 6.00. The number of hydrogen-bond acceptors (Lipinski definition) is 2. The maximum atomic E-state index is 13.4. The van der Waals surface area contributed by atoms with E-state index in [0.717, 1.165) is 12.1 Å². The lowest BCUT2D eigenvalue weighted by molar-refractivity contribution is -0.246. The number of carboxylic acid groups (broad SMARTS) is 1. The predicted octanol–water partition coefficient (Wildman–Crippen LogP) is 3.16. The van der Waals surface area contributed by atoms with Crippen molar-refractivity contribution < 1.29 is 28.2 Å². The summed E-state index contributed by atoms with van der Waals surface area (Å²) in [4.78, 5) is 11.3. The predicted molar refractivity (Wildman–Crippen MR) is 67.9 cm³/mol. The van der Waals surface area contributed by atoms with Crippen LogP contribution in [-0.4, -0.2) is 22.4 Å². The van der Waals surface area contributed by atoms with Gasteiger partial charge in [-0.15, -0.1) is 0 Å². The molecule has 2 N–H and O–H groups in total. The Kier molecular flexibility index (Phi) is 2.65. The van der Waals surface area contributed by atoms with Crippen molar-refractivity contribution in [2.45, 2.75) is 11.8 Å². The van der Waals surface area contributed by atoms with Crippen molar-refractivity contribution in [2.24, 2.45) is 0 Å². The molecule has 0 saturated carbocycles. The summed E-state index contributed by atoms with van der Waals surface area (Å²) in [7, 11) is 0. The number of carbonyl (C=O) groups is 1. The molecule has 1 unspecified atom stereocenters. The van der Waals surface area contributed by atoms with Gasteiger partial charge in [0.25, 0.3) is 0 Å². The molecular formula is C15H9F3O3. The van der Waals surface area contributed by atoms with Crippen LogP contribution in [0.3, 0.4) is 0 Å². The molecule has 1 atom stereocenters. The summed E-state index contributed by atoms with van der Waals surface area (Å²) >= 11 is 0. The van der Waals surface area contributed by atoms with E-state index in [9.17, 15) is 28.2 Å². The fourth-order valence-corrected chi connectivity index (χ4v) is 2.79. The van der Waals surface area contributed by atoms with Gasteiger partial charge < -0.3 is 10.2 Å². The van der Waals surface area contributed by atoms with Gasteiger partial charge in [-0.3, -0.25) is 0 Å². The number of aliphatic hydroxyl groups is 1. The smallest absolute Gasteiger partial charge is 0.425 e. The van der Waals surface area contributed by atoms with E-state index in [0.29, 0.717) is 0 Å². The number of rotatable bonds is 1. The highest BCUT2D eigenvalue weighted by Crippen LogP contribution is 2.55. The van der Waals surface area contributed by atoms with Gasteiger partial charge in [-0.1, -0.05) is 36.4 Å². The number of fused-ring (bicyclic) bond motifs is 3. The summed E-state index contributed by atoms with van der Waals surface area (Å²) in [5, 5.41) is 19.5. The second kappa shape index (κ2) is 4.08.